The number of fused-ring (bicyclic) bond motifs is 4. The van der Waals surface area contributed by atoms with Gasteiger partial charge in [-0.15, -0.1) is 0 Å². The van der Waals surface area contributed by atoms with E-state index >= 15 is 0 Å². The summed E-state index contributed by atoms with van der Waals surface area (Å²) in [5.41, 5.74) is 0.700. The maximum Gasteiger partial charge on any atom is 0.268 e. The van der Waals surface area contributed by atoms with Gasteiger partial charge in [-0.1, -0.05) is 148 Å². The van der Waals surface area contributed by atoms with Crippen LogP contribution in [0.3, 0.4) is 0 Å². The van der Waals surface area contributed by atoms with E-state index < -0.39 is 5.92 Å². The first-order chi connectivity index (χ1) is 20.0. The van der Waals surface area contributed by atoms with E-state index in [1.807, 2.05) is 0 Å². The first kappa shape index (κ1) is 34.0. The highest BCUT2D eigenvalue weighted by molar-refractivity contribution is 8.75. The Morgan fingerprint density at radius 1 is 0.488 bits per heavy atom. The van der Waals surface area contributed by atoms with Crippen molar-refractivity contribution in [3.63, 3.8) is 0 Å². The molecule has 41 heavy (non-hydrogen) atoms. The van der Waals surface area contributed by atoms with Crippen LogP contribution in [0.2, 0.25) is 0 Å². The number of nitrogens with zero attached hydrogens (tertiary/aromatic N) is 2. The van der Waals surface area contributed by atoms with Gasteiger partial charge in [-0.2, -0.15) is 0 Å². The molecule has 0 spiro atoms. The highest BCUT2D eigenvalue weighted by Gasteiger charge is 2.45. The summed E-state index contributed by atoms with van der Waals surface area (Å²) >= 11 is 0. The Kier molecular flexibility index (Phi) is 16.2. The lowest BCUT2D eigenvalue weighted by molar-refractivity contribution is -0.132. The zero-order valence-corrected chi connectivity index (χ0v) is 27.0. The van der Waals surface area contributed by atoms with E-state index in [2.05, 4.69) is 6.92 Å². The molecule has 3 heterocycles. The molecular weight excluding hydrogens is 553 g/mol. The number of imide groups is 2. The molecule has 8 heteroatoms. The molecule has 0 aromatic rings. The van der Waals surface area contributed by atoms with Gasteiger partial charge in [0.1, 0.15) is 0 Å². The largest absolute Gasteiger partial charge is 0.268 e. The number of carbonyl (C=O) groups is 4. The normalized spacial score (nSPS) is 17.3. The average Bonchev–Trinajstić information content (AvgIpc) is 3.40. The van der Waals surface area contributed by atoms with Crippen molar-refractivity contribution in [2.45, 2.75) is 155 Å². The van der Waals surface area contributed by atoms with Crippen LogP contribution in [0.25, 0.3) is 0 Å². The first-order valence-electron chi connectivity index (χ1n) is 16.6. The van der Waals surface area contributed by atoms with Crippen LogP contribution in [-0.4, -0.2) is 32.2 Å². The summed E-state index contributed by atoms with van der Waals surface area (Å²) in [5.74, 6) is -1.96. The maximum atomic E-state index is 12.8. The van der Waals surface area contributed by atoms with Crippen LogP contribution in [0, 0.1) is 5.92 Å². The highest BCUT2D eigenvalue weighted by atomic mass is 33.1. The fourth-order valence-electron chi connectivity index (χ4n) is 6.08. The molecule has 0 N–H and O–H groups in total. The van der Waals surface area contributed by atoms with Crippen molar-refractivity contribution in [1.82, 2.24) is 8.61 Å². The van der Waals surface area contributed by atoms with E-state index in [4.69, 9.17) is 0 Å². The lowest BCUT2D eigenvalue weighted by Crippen LogP contribution is -2.25. The van der Waals surface area contributed by atoms with Crippen molar-refractivity contribution >= 4 is 45.6 Å². The molecule has 3 rings (SSSR count). The number of hydrogen-bond acceptors (Lipinski definition) is 6. The van der Waals surface area contributed by atoms with Gasteiger partial charge in [-0.05, 0) is 6.42 Å². The maximum absolute atomic E-state index is 12.8. The molecular formula is C33H52N2O4S2. The zero-order valence-electron chi connectivity index (χ0n) is 25.3. The topological polar surface area (TPSA) is 74.8 Å². The molecule has 0 aromatic heterocycles. The monoisotopic (exact) mass is 604 g/mol. The second-order valence-corrected chi connectivity index (χ2v) is 13.9. The van der Waals surface area contributed by atoms with Gasteiger partial charge in [0, 0.05) is 29.2 Å². The van der Waals surface area contributed by atoms with Crippen molar-refractivity contribution in [3.05, 3.63) is 23.3 Å². The summed E-state index contributed by atoms with van der Waals surface area (Å²) in [5, 5.41) is 0. The van der Waals surface area contributed by atoms with Crippen LogP contribution in [0.15, 0.2) is 23.3 Å². The molecule has 6 nitrogen and oxygen atoms in total. The van der Waals surface area contributed by atoms with E-state index in [0.29, 0.717) is 17.6 Å². The van der Waals surface area contributed by atoms with Gasteiger partial charge >= 0.3 is 0 Å². The van der Waals surface area contributed by atoms with E-state index in [1.54, 1.807) is 0 Å². The molecule has 0 radical (unpaired) electrons. The molecule has 0 aromatic carbocycles. The smallest absolute Gasteiger partial charge is 0.268 e. The minimum absolute atomic E-state index is 0.350. The number of amides is 4. The van der Waals surface area contributed by atoms with Gasteiger partial charge in [0.15, 0.2) is 0 Å². The summed E-state index contributed by atoms with van der Waals surface area (Å²) < 4.78 is 2.10. The van der Waals surface area contributed by atoms with Gasteiger partial charge in [0.25, 0.3) is 23.6 Å². The van der Waals surface area contributed by atoms with Gasteiger partial charge in [0.2, 0.25) is 0 Å². The molecule has 0 unspecified atom stereocenters. The molecule has 1 fully saturated rings. The second-order valence-electron chi connectivity index (χ2n) is 12.0. The number of rotatable bonds is 23. The zero-order chi connectivity index (χ0) is 29.3. The van der Waals surface area contributed by atoms with Crippen LogP contribution in [0.1, 0.15) is 155 Å². The molecule has 1 saturated heterocycles. The van der Waals surface area contributed by atoms with E-state index in [-0.39, 0.29) is 23.6 Å². The van der Waals surface area contributed by atoms with Crippen LogP contribution in [0.4, 0.5) is 0 Å². The first-order valence-corrected chi connectivity index (χ1v) is 18.7. The van der Waals surface area contributed by atoms with Crippen molar-refractivity contribution in [2.24, 2.45) is 5.92 Å². The third-order valence-corrected chi connectivity index (χ3v) is 10.8. The summed E-state index contributed by atoms with van der Waals surface area (Å²) in [6.45, 7) is 2.28. The SMILES string of the molecule is CCCCCCCCCCCCCCCCCCCCCCCCC1C2=CC(=O)N(SSN3C(=O)C=C1C3=O)C2=O. The summed E-state index contributed by atoms with van der Waals surface area (Å²) in [6, 6.07) is 0. The van der Waals surface area contributed by atoms with Crippen LogP contribution >= 0.6 is 22.0 Å². The van der Waals surface area contributed by atoms with Crippen molar-refractivity contribution in [3.8, 4) is 0 Å². The number of carbonyl (C=O) groups excluding carboxylic acids is 4. The molecule has 3 aliphatic rings. The fraction of sp³-hybridized carbons (Fsp3) is 0.758. The Labute approximate surface area is 256 Å². The Balaban J connectivity index is 1.15. The Hall–Kier alpha value is -1.54. The molecule has 0 aliphatic carbocycles. The quantitative estimate of drug-likeness (QED) is 0.0500. The fourth-order valence-corrected chi connectivity index (χ4v) is 8.06. The minimum atomic E-state index is -0.484. The second kappa shape index (κ2) is 19.6. The average molecular weight is 605 g/mol. The lowest BCUT2D eigenvalue weighted by Gasteiger charge is -2.17. The Morgan fingerprint density at radius 2 is 0.780 bits per heavy atom. The summed E-state index contributed by atoms with van der Waals surface area (Å²) in [7, 11) is 1.68. The van der Waals surface area contributed by atoms with Crippen molar-refractivity contribution in [1.29, 1.82) is 0 Å². The van der Waals surface area contributed by atoms with Gasteiger partial charge in [-0.25, -0.2) is 8.61 Å². The third kappa shape index (κ3) is 11.2. The standard InChI is InChI=1S/C33H52N2O4S2/c1-2-3-4-5-6-7-8-9-10-11-12-13-14-15-16-17-18-19-20-21-22-23-24-27-28-25-30(36)34(32(28)38)40-41-35-31(37)26-29(27)33(35)39/h25-27H,2-24H2,1H3. The van der Waals surface area contributed by atoms with E-state index in [9.17, 15) is 19.2 Å². The van der Waals surface area contributed by atoms with Gasteiger partial charge < -0.3 is 0 Å². The lowest BCUT2D eigenvalue weighted by atomic mass is 9.86. The Bertz CT molecular complexity index is 882. The summed E-state index contributed by atoms with van der Waals surface area (Å²) in [4.78, 5) is 50.1. The summed E-state index contributed by atoms with van der Waals surface area (Å²) in [6.07, 6.45) is 32.6. The predicted molar refractivity (Wildman–Crippen MR) is 170 cm³/mol. The molecule has 3 aliphatic heterocycles. The molecule has 230 valence electrons. The van der Waals surface area contributed by atoms with E-state index in [0.717, 1.165) is 49.8 Å². The minimum Gasteiger partial charge on any atom is -0.268 e. The predicted octanol–water partition coefficient (Wildman–Crippen LogP) is 9.41. The van der Waals surface area contributed by atoms with Crippen LogP contribution in [-0.2, 0) is 19.2 Å². The molecule has 0 saturated carbocycles. The highest BCUT2D eigenvalue weighted by Crippen LogP contribution is 2.44. The molecule has 4 bridgehead atoms. The van der Waals surface area contributed by atoms with Crippen LogP contribution in [0.5, 0.6) is 0 Å². The van der Waals surface area contributed by atoms with Crippen molar-refractivity contribution in [2.75, 3.05) is 0 Å². The number of unbranched alkanes of at least 4 members (excludes halogenated alkanes) is 21. The van der Waals surface area contributed by atoms with Gasteiger partial charge in [0.05, 0.1) is 22.0 Å². The number of hydrogen-bond donors (Lipinski definition) is 0. The van der Waals surface area contributed by atoms with Crippen LogP contribution < -0.4 is 0 Å². The Morgan fingerprint density at radius 3 is 1.10 bits per heavy atom. The van der Waals surface area contributed by atoms with Gasteiger partial charge in [-0.3, -0.25) is 19.2 Å². The molecule has 0 atom stereocenters. The third-order valence-electron chi connectivity index (χ3n) is 8.60. The van der Waals surface area contributed by atoms with E-state index in [1.165, 1.54) is 134 Å². The van der Waals surface area contributed by atoms with Crippen molar-refractivity contribution < 1.29 is 19.2 Å². The molecule has 4 amide bonds.